The van der Waals surface area contributed by atoms with E-state index in [2.05, 4.69) is 14.7 Å². The summed E-state index contributed by atoms with van der Waals surface area (Å²) in [6, 6.07) is 2.95. The number of nitrogens with zero attached hydrogens (tertiary/aromatic N) is 2. The van der Waals surface area contributed by atoms with Gasteiger partial charge in [-0.2, -0.15) is 0 Å². The van der Waals surface area contributed by atoms with Crippen molar-refractivity contribution in [1.82, 2.24) is 9.97 Å². The number of nitrogens with one attached hydrogen (secondary N) is 1. The topological polar surface area (TPSA) is 72.0 Å². The van der Waals surface area contributed by atoms with Gasteiger partial charge in [0.1, 0.15) is 15.9 Å². The third-order valence-corrected chi connectivity index (χ3v) is 4.05. The van der Waals surface area contributed by atoms with Gasteiger partial charge in [-0.05, 0) is 18.2 Å². The van der Waals surface area contributed by atoms with Crippen molar-refractivity contribution < 1.29 is 12.8 Å². The lowest BCUT2D eigenvalue weighted by molar-refractivity contribution is 0.599. The molecule has 2 aromatic rings. The van der Waals surface area contributed by atoms with Crippen LogP contribution < -0.4 is 4.72 Å². The van der Waals surface area contributed by atoms with E-state index in [4.69, 9.17) is 23.2 Å². The number of sulfonamides is 1. The van der Waals surface area contributed by atoms with Crippen LogP contribution in [0.1, 0.15) is 0 Å². The Morgan fingerprint density at radius 3 is 2.58 bits per heavy atom. The minimum absolute atomic E-state index is 0.0328. The van der Waals surface area contributed by atoms with Gasteiger partial charge in [0, 0.05) is 0 Å². The maximum absolute atomic E-state index is 12.9. The first-order valence-electron chi connectivity index (χ1n) is 4.84. The molecule has 0 amide bonds. The molecule has 0 aliphatic heterocycles. The summed E-state index contributed by atoms with van der Waals surface area (Å²) in [5.41, 5.74) is 0. The van der Waals surface area contributed by atoms with Gasteiger partial charge in [0.15, 0.2) is 5.82 Å². The molecule has 1 heterocycles. The van der Waals surface area contributed by atoms with Crippen LogP contribution in [0.5, 0.6) is 0 Å². The number of hydrogen-bond donors (Lipinski definition) is 1. The number of rotatable bonds is 3. The molecule has 0 spiro atoms. The highest BCUT2D eigenvalue weighted by Crippen LogP contribution is 2.24. The highest BCUT2D eigenvalue weighted by Gasteiger charge is 2.19. The van der Waals surface area contributed by atoms with Crippen LogP contribution in [0.25, 0.3) is 0 Å². The van der Waals surface area contributed by atoms with Gasteiger partial charge in [-0.25, -0.2) is 17.8 Å². The van der Waals surface area contributed by atoms with Crippen LogP contribution in [0.2, 0.25) is 10.2 Å². The molecule has 0 unspecified atom stereocenters. The average Bonchev–Trinajstić information content (AvgIpc) is 2.27. The molecule has 5 nitrogen and oxygen atoms in total. The summed E-state index contributed by atoms with van der Waals surface area (Å²) in [7, 11) is -3.99. The Kier molecular flexibility index (Phi) is 3.88. The van der Waals surface area contributed by atoms with Crippen molar-refractivity contribution in [3.63, 3.8) is 0 Å². The highest BCUT2D eigenvalue weighted by molar-refractivity contribution is 7.92. The first-order chi connectivity index (χ1) is 8.88. The van der Waals surface area contributed by atoms with Crippen molar-refractivity contribution in [3.05, 3.63) is 46.6 Å². The Hall–Kier alpha value is -1.44. The molecular formula is C10H6Cl2FN3O2S. The lowest BCUT2D eigenvalue weighted by Crippen LogP contribution is -2.14. The second-order valence-corrected chi connectivity index (χ2v) is 5.85. The molecule has 0 bridgehead atoms. The molecule has 1 aromatic heterocycles. The van der Waals surface area contributed by atoms with Gasteiger partial charge in [-0.15, -0.1) is 0 Å². The number of aromatic nitrogens is 2. The van der Waals surface area contributed by atoms with E-state index >= 15 is 0 Å². The molecule has 0 aliphatic rings. The molecule has 0 aliphatic carbocycles. The molecule has 9 heteroatoms. The second-order valence-electron chi connectivity index (χ2n) is 3.41. The Morgan fingerprint density at radius 1 is 1.21 bits per heavy atom. The monoisotopic (exact) mass is 321 g/mol. The summed E-state index contributed by atoms with van der Waals surface area (Å²) in [5.74, 6) is -0.695. The van der Waals surface area contributed by atoms with Gasteiger partial charge in [-0.1, -0.05) is 23.2 Å². The lowest BCUT2D eigenvalue weighted by atomic mass is 10.3. The predicted octanol–water partition coefficient (Wildman–Crippen LogP) is 2.72. The molecule has 1 aromatic carbocycles. The summed E-state index contributed by atoms with van der Waals surface area (Å²) in [4.78, 5) is 7.14. The molecule has 0 saturated carbocycles. The zero-order chi connectivity index (χ0) is 14.0. The van der Waals surface area contributed by atoms with E-state index in [1.165, 1.54) is 12.4 Å². The van der Waals surface area contributed by atoms with Crippen molar-refractivity contribution in [1.29, 1.82) is 0 Å². The van der Waals surface area contributed by atoms with Crippen LogP contribution in [0.3, 0.4) is 0 Å². The Labute approximate surface area is 118 Å². The molecular weight excluding hydrogens is 316 g/mol. The molecule has 100 valence electrons. The SMILES string of the molecule is O=S(=O)(Nc1cncc(Cl)n1)c1ccc(F)cc1Cl. The molecule has 0 atom stereocenters. The highest BCUT2D eigenvalue weighted by atomic mass is 35.5. The molecule has 0 fully saturated rings. The summed E-state index contributed by atoms with van der Waals surface area (Å²) in [5, 5.41) is -0.201. The lowest BCUT2D eigenvalue weighted by Gasteiger charge is -2.08. The third kappa shape index (κ3) is 3.31. The normalized spacial score (nSPS) is 11.3. The number of halogens is 3. The largest absolute Gasteiger partial charge is 0.264 e. The molecule has 19 heavy (non-hydrogen) atoms. The summed E-state index contributed by atoms with van der Waals surface area (Å²) >= 11 is 11.3. The number of anilines is 1. The van der Waals surface area contributed by atoms with Crippen molar-refractivity contribution in [2.24, 2.45) is 0 Å². The molecule has 2 rings (SSSR count). The van der Waals surface area contributed by atoms with Crippen LogP contribution in [0.15, 0.2) is 35.5 Å². The minimum Gasteiger partial charge on any atom is -0.262 e. The first-order valence-corrected chi connectivity index (χ1v) is 7.08. The van der Waals surface area contributed by atoms with E-state index in [0.29, 0.717) is 0 Å². The maximum atomic E-state index is 12.9. The van der Waals surface area contributed by atoms with E-state index in [1.54, 1.807) is 0 Å². The van der Waals surface area contributed by atoms with E-state index in [1.807, 2.05) is 0 Å². The van der Waals surface area contributed by atoms with Crippen LogP contribution in [-0.2, 0) is 10.0 Å². The Bertz CT molecular complexity index is 724. The first kappa shape index (κ1) is 14.0. The molecule has 0 radical (unpaired) electrons. The molecule has 1 N–H and O–H groups in total. The van der Waals surface area contributed by atoms with Crippen LogP contribution >= 0.6 is 23.2 Å². The van der Waals surface area contributed by atoms with Crippen LogP contribution in [0, 0.1) is 5.82 Å². The van der Waals surface area contributed by atoms with E-state index < -0.39 is 15.8 Å². The standard InChI is InChI=1S/C10H6Cl2FN3O2S/c11-7-3-6(13)1-2-8(7)19(17,18)16-10-5-14-4-9(12)15-10/h1-5H,(H,15,16). The van der Waals surface area contributed by atoms with Gasteiger partial charge >= 0.3 is 0 Å². The van der Waals surface area contributed by atoms with E-state index in [-0.39, 0.29) is 20.9 Å². The Morgan fingerprint density at radius 2 is 1.95 bits per heavy atom. The van der Waals surface area contributed by atoms with Crippen molar-refractivity contribution in [2.75, 3.05) is 4.72 Å². The van der Waals surface area contributed by atoms with Gasteiger partial charge in [0.2, 0.25) is 0 Å². The van der Waals surface area contributed by atoms with Gasteiger partial charge in [0.05, 0.1) is 17.4 Å². The Balaban J connectivity index is 2.38. The van der Waals surface area contributed by atoms with Gasteiger partial charge < -0.3 is 0 Å². The van der Waals surface area contributed by atoms with Crippen molar-refractivity contribution in [2.45, 2.75) is 4.90 Å². The number of hydrogen-bond acceptors (Lipinski definition) is 4. The number of benzene rings is 1. The average molecular weight is 322 g/mol. The van der Waals surface area contributed by atoms with E-state index in [0.717, 1.165) is 18.2 Å². The zero-order valence-electron chi connectivity index (χ0n) is 9.14. The van der Waals surface area contributed by atoms with Crippen molar-refractivity contribution in [3.8, 4) is 0 Å². The summed E-state index contributed by atoms with van der Waals surface area (Å²) in [6.45, 7) is 0. The van der Waals surface area contributed by atoms with Crippen molar-refractivity contribution >= 4 is 39.0 Å². The third-order valence-electron chi connectivity index (χ3n) is 2.03. The summed E-state index contributed by atoms with van der Waals surface area (Å²) < 4.78 is 39.1. The van der Waals surface area contributed by atoms with E-state index in [9.17, 15) is 12.8 Å². The fourth-order valence-corrected chi connectivity index (χ4v) is 2.94. The fourth-order valence-electron chi connectivity index (χ4n) is 1.28. The van der Waals surface area contributed by atoms with Gasteiger partial charge in [-0.3, -0.25) is 9.71 Å². The zero-order valence-corrected chi connectivity index (χ0v) is 11.5. The van der Waals surface area contributed by atoms with Crippen LogP contribution in [-0.4, -0.2) is 18.4 Å². The second kappa shape index (κ2) is 5.28. The van der Waals surface area contributed by atoms with Gasteiger partial charge in [0.25, 0.3) is 10.0 Å². The van der Waals surface area contributed by atoms with Crippen LogP contribution in [0.4, 0.5) is 10.2 Å². The minimum atomic E-state index is -3.99. The molecule has 0 saturated heterocycles. The smallest absolute Gasteiger partial charge is 0.262 e. The fraction of sp³-hybridized carbons (Fsp3) is 0. The maximum Gasteiger partial charge on any atom is 0.264 e. The quantitative estimate of drug-likeness (QED) is 0.943. The predicted molar refractivity (Wildman–Crippen MR) is 69.3 cm³/mol. The summed E-state index contributed by atoms with van der Waals surface area (Å²) in [6.07, 6.45) is 2.44.